The minimum Gasteiger partial charge on any atom is -0.478 e. The summed E-state index contributed by atoms with van der Waals surface area (Å²) in [6.45, 7) is -0.492. The topological polar surface area (TPSA) is 116 Å². The molecule has 2 N–H and O–H groups in total. The summed E-state index contributed by atoms with van der Waals surface area (Å²) in [4.78, 5) is 23.4. The van der Waals surface area contributed by atoms with Crippen LogP contribution in [0.2, 0.25) is 0 Å². The molecule has 0 atom stereocenters. The van der Waals surface area contributed by atoms with Crippen molar-refractivity contribution in [1.82, 2.24) is 5.43 Å². The third-order valence-corrected chi connectivity index (χ3v) is 6.61. The van der Waals surface area contributed by atoms with E-state index >= 15 is 0 Å². The maximum Gasteiger partial charge on any atom is 0.335 e. The maximum atomic E-state index is 13.2. The number of halogens is 1. The van der Waals surface area contributed by atoms with Crippen molar-refractivity contribution in [3.63, 3.8) is 0 Å². The van der Waals surface area contributed by atoms with Crippen LogP contribution >= 0.6 is 15.9 Å². The van der Waals surface area contributed by atoms with E-state index in [4.69, 9.17) is 5.11 Å². The molecule has 164 valence electrons. The molecule has 0 spiro atoms. The van der Waals surface area contributed by atoms with Crippen molar-refractivity contribution in [3.8, 4) is 0 Å². The third-order valence-electron chi connectivity index (χ3n) is 4.29. The first-order valence-corrected chi connectivity index (χ1v) is 11.5. The molecule has 1 amide bonds. The third kappa shape index (κ3) is 5.80. The Labute approximate surface area is 193 Å². The van der Waals surface area contributed by atoms with Gasteiger partial charge in [-0.15, -0.1) is 0 Å². The molecule has 0 radical (unpaired) electrons. The number of anilines is 1. The fourth-order valence-electron chi connectivity index (χ4n) is 2.70. The minimum absolute atomic E-state index is 0.0535. The van der Waals surface area contributed by atoms with Crippen molar-refractivity contribution >= 4 is 49.7 Å². The molecule has 0 saturated heterocycles. The zero-order valence-electron chi connectivity index (χ0n) is 16.6. The molecule has 0 aromatic heterocycles. The largest absolute Gasteiger partial charge is 0.478 e. The summed E-state index contributed by atoms with van der Waals surface area (Å²) >= 11 is 3.31. The Balaban J connectivity index is 1.78. The van der Waals surface area contributed by atoms with Crippen LogP contribution in [0.3, 0.4) is 0 Å². The van der Waals surface area contributed by atoms with E-state index in [0.29, 0.717) is 11.3 Å². The van der Waals surface area contributed by atoms with Crippen molar-refractivity contribution in [3.05, 3.63) is 94.5 Å². The molecule has 3 aromatic rings. The van der Waals surface area contributed by atoms with Gasteiger partial charge >= 0.3 is 5.97 Å². The summed E-state index contributed by atoms with van der Waals surface area (Å²) in [5, 5.41) is 12.7. The second-order valence-electron chi connectivity index (χ2n) is 6.52. The highest BCUT2D eigenvalue weighted by Gasteiger charge is 2.27. The molecule has 0 aliphatic heterocycles. The second-order valence-corrected chi connectivity index (χ2v) is 9.30. The number of hydrogen-bond donors (Lipinski definition) is 2. The second kappa shape index (κ2) is 10.2. The van der Waals surface area contributed by atoms with Crippen LogP contribution in [-0.2, 0) is 14.8 Å². The normalized spacial score (nSPS) is 11.3. The van der Waals surface area contributed by atoms with Gasteiger partial charge in [0.15, 0.2) is 0 Å². The fourth-order valence-corrected chi connectivity index (χ4v) is 4.40. The maximum absolute atomic E-state index is 13.2. The van der Waals surface area contributed by atoms with Crippen LogP contribution in [0.15, 0.2) is 93.3 Å². The lowest BCUT2D eigenvalue weighted by molar-refractivity contribution is -0.119. The van der Waals surface area contributed by atoms with E-state index in [1.54, 1.807) is 42.5 Å². The van der Waals surface area contributed by atoms with E-state index in [1.807, 2.05) is 0 Å². The highest BCUT2D eigenvalue weighted by Crippen LogP contribution is 2.25. The van der Waals surface area contributed by atoms with E-state index in [1.165, 1.54) is 42.6 Å². The van der Waals surface area contributed by atoms with E-state index in [0.717, 1.165) is 8.78 Å². The first-order chi connectivity index (χ1) is 15.3. The highest BCUT2D eigenvalue weighted by molar-refractivity contribution is 9.10. The summed E-state index contributed by atoms with van der Waals surface area (Å²) in [5.41, 5.74) is 3.32. The number of carbonyl (C=O) groups is 2. The smallest absolute Gasteiger partial charge is 0.335 e. The number of carboxylic acid groups (broad SMARTS) is 1. The molecule has 32 heavy (non-hydrogen) atoms. The van der Waals surface area contributed by atoms with Gasteiger partial charge in [-0.3, -0.25) is 9.10 Å². The Hall–Kier alpha value is -3.50. The van der Waals surface area contributed by atoms with Gasteiger partial charge < -0.3 is 5.11 Å². The molecular formula is C22H18BrN3O5S. The molecule has 3 rings (SSSR count). The van der Waals surface area contributed by atoms with Gasteiger partial charge in [-0.05, 0) is 54.1 Å². The van der Waals surface area contributed by atoms with Crippen LogP contribution < -0.4 is 9.73 Å². The standard InChI is InChI=1S/C22H18BrN3O5S/c23-18-10-12-19(13-11-18)26(32(30,31)20-4-2-1-3-5-20)15-21(27)25-24-14-16-6-8-17(9-7-16)22(28)29/h1-14H,15H2,(H,25,27)(H,28,29)/b24-14-. The molecule has 0 unspecified atom stereocenters. The average molecular weight is 516 g/mol. The van der Waals surface area contributed by atoms with Gasteiger partial charge in [-0.1, -0.05) is 46.3 Å². The lowest BCUT2D eigenvalue weighted by Crippen LogP contribution is -2.39. The molecule has 0 heterocycles. The van der Waals surface area contributed by atoms with Crippen molar-refractivity contribution in [2.24, 2.45) is 5.10 Å². The molecule has 0 aliphatic rings. The molecule has 0 fully saturated rings. The van der Waals surface area contributed by atoms with Crippen LogP contribution in [0, 0.1) is 0 Å². The van der Waals surface area contributed by atoms with Gasteiger partial charge in [0.2, 0.25) is 0 Å². The van der Waals surface area contributed by atoms with Gasteiger partial charge in [-0.25, -0.2) is 18.6 Å². The molecule has 10 heteroatoms. The quantitative estimate of drug-likeness (QED) is 0.351. The van der Waals surface area contributed by atoms with Gasteiger partial charge in [-0.2, -0.15) is 5.10 Å². The summed E-state index contributed by atoms with van der Waals surface area (Å²) in [5.74, 6) is -1.69. The Morgan fingerprint density at radius 2 is 1.59 bits per heavy atom. The molecule has 3 aromatic carbocycles. The van der Waals surface area contributed by atoms with Gasteiger partial charge in [0.1, 0.15) is 6.54 Å². The number of nitrogens with one attached hydrogen (secondary N) is 1. The monoisotopic (exact) mass is 515 g/mol. The SMILES string of the molecule is O=C(CN(c1ccc(Br)cc1)S(=O)(=O)c1ccccc1)N/N=C\c1ccc(C(=O)O)cc1. The summed E-state index contributed by atoms with van der Waals surface area (Å²) < 4.78 is 28.1. The van der Waals surface area contributed by atoms with Crippen LogP contribution in [0.25, 0.3) is 0 Å². The summed E-state index contributed by atoms with van der Waals surface area (Å²) in [6.07, 6.45) is 1.33. The number of sulfonamides is 1. The number of nitrogens with zero attached hydrogens (tertiary/aromatic N) is 2. The van der Waals surface area contributed by atoms with Crippen molar-refractivity contribution in [2.45, 2.75) is 4.90 Å². The summed E-state index contributed by atoms with van der Waals surface area (Å²) in [6, 6.07) is 20.2. The Morgan fingerprint density at radius 3 is 2.19 bits per heavy atom. The lowest BCUT2D eigenvalue weighted by Gasteiger charge is -2.23. The van der Waals surface area contributed by atoms with Crippen LogP contribution in [0.1, 0.15) is 15.9 Å². The van der Waals surface area contributed by atoms with E-state index in [2.05, 4.69) is 26.5 Å². The van der Waals surface area contributed by atoms with Crippen LogP contribution in [-0.4, -0.2) is 38.2 Å². The Kier molecular flexibility index (Phi) is 7.39. The number of rotatable bonds is 8. The zero-order chi connectivity index (χ0) is 23.1. The summed E-state index contributed by atoms with van der Waals surface area (Å²) in [7, 11) is -4.00. The van der Waals surface area contributed by atoms with Gasteiger partial charge in [0.25, 0.3) is 15.9 Å². The number of amides is 1. The Morgan fingerprint density at radius 1 is 0.969 bits per heavy atom. The number of carboxylic acids is 1. The van der Waals surface area contributed by atoms with Crippen molar-refractivity contribution in [2.75, 3.05) is 10.8 Å². The van der Waals surface area contributed by atoms with E-state index in [9.17, 15) is 18.0 Å². The number of hydrazone groups is 1. The minimum atomic E-state index is -4.00. The predicted molar refractivity (Wildman–Crippen MR) is 124 cm³/mol. The first kappa shape index (κ1) is 23.2. The number of benzene rings is 3. The number of aromatic carboxylic acids is 1. The van der Waals surface area contributed by atoms with E-state index < -0.39 is 28.4 Å². The molecular weight excluding hydrogens is 498 g/mol. The molecule has 8 nitrogen and oxygen atoms in total. The van der Waals surface area contributed by atoms with Crippen LogP contribution in [0.5, 0.6) is 0 Å². The number of hydrogen-bond acceptors (Lipinski definition) is 5. The molecule has 0 bridgehead atoms. The van der Waals surface area contributed by atoms with E-state index in [-0.39, 0.29) is 10.5 Å². The van der Waals surface area contributed by atoms with Crippen molar-refractivity contribution in [1.29, 1.82) is 0 Å². The van der Waals surface area contributed by atoms with Gasteiger partial charge in [0, 0.05) is 4.47 Å². The van der Waals surface area contributed by atoms with Gasteiger partial charge in [0.05, 0.1) is 22.4 Å². The molecule has 0 aliphatic carbocycles. The highest BCUT2D eigenvalue weighted by atomic mass is 79.9. The number of carbonyl (C=O) groups excluding carboxylic acids is 1. The van der Waals surface area contributed by atoms with Crippen molar-refractivity contribution < 1.29 is 23.1 Å². The average Bonchev–Trinajstić information content (AvgIpc) is 2.79. The first-order valence-electron chi connectivity index (χ1n) is 9.26. The Bertz CT molecular complexity index is 1230. The predicted octanol–water partition coefficient (Wildman–Crippen LogP) is 3.49. The zero-order valence-corrected chi connectivity index (χ0v) is 19.0. The lowest BCUT2D eigenvalue weighted by atomic mass is 10.1. The van der Waals surface area contributed by atoms with Crippen LogP contribution in [0.4, 0.5) is 5.69 Å². The fraction of sp³-hybridized carbons (Fsp3) is 0.0455. The molecule has 0 saturated carbocycles.